The predicted octanol–water partition coefficient (Wildman–Crippen LogP) is 2.07. The Morgan fingerprint density at radius 3 is 2.47 bits per heavy atom. The van der Waals surface area contributed by atoms with Crippen LogP contribution in [0.15, 0.2) is 0 Å². The van der Waals surface area contributed by atoms with Crippen LogP contribution in [0.1, 0.15) is 33.1 Å². The van der Waals surface area contributed by atoms with Gasteiger partial charge in [-0.3, -0.25) is 0 Å². The lowest BCUT2D eigenvalue weighted by Crippen LogP contribution is -2.21. The van der Waals surface area contributed by atoms with Gasteiger partial charge in [0, 0.05) is 13.7 Å². The standard InChI is InChI=1S/C12H27NO2/c1-12(2)6-4-5-7-13-8-9-15-11-10-14-3/h12-13H,4-11H2,1-3H3. The van der Waals surface area contributed by atoms with Crippen molar-refractivity contribution in [2.24, 2.45) is 5.92 Å². The fourth-order valence-corrected chi connectivity index (χ4v) is 1.32. The number of hydrogen-bond acceptors (Lipinski definition) is 3. The van der Waals surface area contributed by atoms with Crippen molar-refractivity contribution in [2.75, 3.05) is 40.0 Å². The fraction of sp³-hybridized carbons (Fsp3) is 1.00. The van der Waals surface area contributed by atoms with Gasteiger partial charge in [0.2, 0.25) is 0 Å². The Balaban J connectivity index is 2.87. The molecule has 0 heterocycles. The summed E-state index contributed by atoms with van der Waals surface area (Å²) in [5.74, 6) is 0.836. The lowest BCUT2D eigenvalue weighted by molar-refractivity contribution is 0.0720. The number of nitrogens with one attached hydrogen (secondary N) is 1. The van der Waals surface area contributed by atoms with Crippen LogP contribution >= 0.6 is 0 Å². The number of hydrogen-bond donors (Lipinski definition) is 1. The zero-order chi connectivity index (χ0) is 11.4. The van der Waals surface area contributed by atoms with Gasteiger partial charge in [0.25, 0.3) is 0 Å². The van der Waals surface area contributed by atoms with Gasteiger partial charge in [-0.15, -0.1) is 0 Å². The van der Waals surface area contributed by atoms with Gasteiger partial charge in [-0.2, -0.15) is 0 Å². The summed E-state index contributed by atoms with van der Waals surface area (Å²) in [5, 5.41) is 3.37. The molecule has 0 aliphatic rings. The SMILES string of the molecule is COCCOCCNCCCCC(C)C. The van der Waals surface area contributed by atoms with Crippen LogP contribution in [0.25, 0.3) is 0 Å². The first-order valence-corrected chi connectivity index (χ1v) is 6.04. The van der Waals surface area contributed by atoms with E-state index < -0.39 is 0 Å². The molecule has 0 aromatic rings. The van der Waals surface area contributed by atoms with Gasteiger partial charge >= 0.3 is 0 Å². The van der Waals surface area contributed by atoms with E-state index in [0.717, 1.165) is 25.6 Å². The summed E-state index contributed by atoms with van der Waals surface area (Å²) in [5.41, 5.74) is 0. The summed E-state index contributed by atoms with van der Waals surface area (Å²) >= 11 is 0. The lowest BCUT2D eigenvalue weighted by atomic mass is 10.1. The number of methoxy groups -OCH3 is 1. The molecule has 0 aromatic carbocycles. The van der Waals surface area contributed by atoms with E-state index in [1.165, 1.54) is 19.3 Å². The number of rotatable bonds is 11. The van der Waals surface area contributed by atoms with Crippen molar-refractivity contribution in [3.63, 3.8) is 0 Å². The molecule has 15 heavy (non-hydrogen) atoms. The van der Waals surface area contributed by atoms with Crippen molar-refractivity contribution in [3.05, 3.63) is 0 Å². The molecule has 0 aromatic heterocycles. The molecule has 92 valence electrons. The molecule has 0 radical (unpaired) electrons. The predicted molar refractivity (Wildman–Crippen MR) is 64.3 cm³/mol. The maximum Gasteiger partial charge on any atom is 0.0700 e. The second kappa shape index (κ2) is 12.0. The summed E-state index contributed by atoms with van der Waals surface area (Å²) in [6.45, 7) is 8.79. The van der Waals surface area contributed by atoms with Crippen molar-refractivity contribution in [2.45, 2.75) is 33.1 Å². The van der Waals surface area contributed by atoms with Gasteiger partial charge in [-0.05, 0) is 18.9 Å². The molecule has 0 rings (SSSR count). The normalized spacial score (nSPS) is 11.2. The van der Waals surface area contributed by atoms with E-state index in [0.29, 0.717) is 13.2 Å². The number of ether oxygens (including phenoxy) is 2. The first-order valence-electron chi connectivity index (χ1n) is 6.04. The molecule has 3 nitrogen and oxygen atoms in total. The zero-order valence-electron chi connectivity index (χ0n) is 10.6. The van der Waals surface area contributed by atoms with Gasteiger partial charge in [-0.25, -0.2) is 0 Å². The molecule has 0 bridgehead atoms. The molecule has 3 heteroatoms. The smallest absolute Gasteiger partial charge is 0.0700 e. The highest BCUT2D eigenvalue weighted by molar-refractivity contribution is 4.50. The van der Waals surface area contributed by atoms with Crippen LogP contribution in [-0.2, 0) is 9.47 Å². The summed E-state index contributed by atoms with van der Waals surface area (Å²) < 4.78 is 10.2. The topological polar surface area (TPSA) is 30.5 Å². The summed E-state index contributed by atoms with van der Waals surface area (Å²) in [6.07, 6.45) is 3.94. The Labute approximate surface area is 94.5 Å². The first-order chi connectivity index (χ1) is 7.27. The van der Waals surface area contributed by atoms with Crippen LogP contribution in [0.4, 0.5) is 0 Å². The van der Waals surface area contributed by atoms with E-state index in [-0.39, 0.29) is 0 Å². The maximum atomic E-state index is 5.33. The third-order valence-electron chi connectivity index (χ3n) is 2.24. The van der Waals surface area contributed by atoms with E-state index in [4.69, 9.17) is 9.47 Å². The maximum absolute atomic E-state index is 5.33. The van der Waals surface area contributed by atoms with Crippen LogP contribution in [0, 0.1) is 5.92 Å². The second-order valence-electron chi connectivity index (χ2n) is 4.24. The second-order valence-corrected chi connectivity index (χ2v) is 4.24. The van der Waals surface area contributed by atoms with Gasteiger partial charge in [0.15, 0.2) is 0 Å². The third kappa shape index (κ3) is 13.9. The highest BCUT2D eigenvalue weighted by Crippen LogP contribution is 2.04. The van der Waals surface area contributed by atoms with E-state index in [2.05, 4.69) is 19.2 Å². The van der Waals surface area contributed by atoms with Crippen molar-refractivity contribution in [3.8, 4) is 0 Å². The van der Waals surface area contributed by atoms with Crippen LogP contribution < -0.4 is 5.32 Å². The molecule has 1 N–H and O–H groups in total. The van der Waals surface area contributed by atoms with Crippen molar-refractivity contribution in [1.29, 1.82) is 0 Å². The molecule has 0 atom stereocenters. The zero-order valence-corrected chi connectivity index (χ0v) is 10.6. The molecular formula is C12H27NO2. The minimum atomic E-state index is 0.689. The highest BCUT2D eigenvalue weighted by atomic mass is 16.5. The van der Waals surface area contributed by atoms with E-state index in [1.54, 1.807) is 7.11 Å². The van der Waals surface area contributed by atoms with Gasteiger partial charge in [0.1, 0.15) is 0 Å². The average molecular weight is 217 g/mol. The van der Waals surface area contributed by atoms with Crippen LogP contribution in [0.3, 0.4) is 0 Å². The van der Waals surface area contributed by atoms with Crippen molar-refractivity contribution >= 4 is 0 Å². The Morgan fingerprint density at radius 1 is 1.00 bits per heavy atom. The van der Waals surface area contributed by atoms with Crippen LogP contribution in [-0.4, -0.2) is 40.0 Å². The van der Waals surface area contributed by atoms with Crippen molar-refractivity contribution in [1.82, 2.24) is 5.32 Å². The Morgan fingerprint density at radius 2 is 1.80 bits per heavy atom. The molecule has 0 fully saturated rings. The van der Waals surface area contributed by atoms with Gasteiger partial charge in [0.05, 0.1) is 19.8 Å². The third-order valence-corrected chi connectivity index (χ3v) is 2.24. The summed E-state index contributed by atoms with van der Waals surface area (Å²) in [7, 11) is 1.69. The van der Waals surface area contributed by atoms with E-state index in [9.17, 15) is 0 Å². The summed E-state index contributed by atoms with van der Waals surface area (Å²) in [6, 6.07) is 0. The highest BCUT2D eigenvalue weighted by Gasteiger charge is 1.93. The largest absolute Gasteiger partial charge is 0.382 e. The molecule has 0 saturated heterocycles. The van der Waals surface area contributed by atoms with Gasteiger partial charge < -0.3 is 14.8 Å². The molecular weight excluding hydrogens is 190 g/mol. The monoisotopic (exact) mass is 217 g/mol. The van der Waals surface area contributed by atoms with Crippen molar-refractivity contribution < 1.29 is 9.47 Å². The first kappa shape index (κ1) is 14.9. The van der Waals surface area contributed by atoms with E-state index >= 15 is 0 Å². The molecule has 0 aliphatic heterocycles. The fourth-order valence-electron chi connectivity index (χ4n) is 1.32. The summed E-state index contributed by atoms with van der Waals surface area (Å²) in [4.78, 5) is 0. The minimum Gasteiger partial charge on any atom is -0.382 e. The quantitative estimate of drug-likeness (QED) is 0.537. The number of unbranched alkanes of at least 4 members (excludes halogenated alkanes) is 1. The van der Waals surface area contributed by atoms with Crippen LogP contribution in [0.5, 0.6) is 0 Å². The van der Waals surface area contributed by atoms with Gasteiger partial charge in [-0.1, -0.05) is 26.7 Å². The minimum absolute atomic E-state index is 0.689. The van der Waals surface area contributed by atoms with E-state index in [1.807, 2.05) is 0 Å². The molecule has 0 spiro atoms. The van der Waals surface area contributed by atoms with Crippen LogP contribution in [0.2, 0.25) is 0 Å². The molecule has 0 unspecified atom stereocenters. The average Bonchev–Trinajstić information content (AvgIpc) is 2.20. The lowest BCUT2D eigenvalue weighted by Gasteiger charge is -2.06. The Kier molecular flexibility index (Phi) is 11.9. The molecule has 0 aliphatic carbocycles. The molecule has 0 saturated carbocycles. The Bertz CT molecular complexity index is 118. The Hall–Kier alpha value is -0.120. The molecule has 0 amide bonds.